The number of sulfonamides is 1. The lowest BCUT2D eigenvalue weighted by atomic mass is 9.86. The van der Waals surface area contributed by atoms with Crippen LogP contribution in [0.15, 0.2) is 29.2 Å². The van der Waals surface area contributed by atoms with E-state index >= 15 is 0 Å². The summed E-state index contributed by atoms with van der Waals surface area (Å²) in [5.41, 5.74) is 1.16. The molecule has 2 rings (SSSR count). The van der Waals surface area contributed by atoms with Gasteiger partial charge in [0.05, 0.1) is 4.90 Å². The van der Waals surface area contributed by atoms with E-state index in [2.05, 4.69) is 11.6 Å². The van der Waals surface area contributed by atoms with Gasteiger partial charge in [0.2, 0.25) is 10.0 Å². The highest BCUT2D eigenvalue weighted by atomic mass is 32.2. The SMILES string of the molecule is CCc1ccc(S(=O)(=O)NCC2CCC2)cc1. The Kier molecular flexibility index (Phi) is 3.84. The highest BCUT2D eigenvalue weighted by molar-refractivity contribution is 7.89. The van der Waals surface area contributed by atoms with Crippen LogP contribution in [-0.4, -0.2) is 15.0 Å². The molecule has 1 aromatic carbocycles. The smallest absolute Gasteiger partial charge is 0.211 e. The third-order valence-electron chi connectivity index (χ3n) is 3.43. The van der Waals surface area contributed by atoms with Crippen LogP contribution in [0.25, 0.3) is 0 Å². The van der Waals surface area contributed by atoms with Gasteiger partial charge in [-0.15, -0.1) is 0 Å². The molecule has 1 fully saturated rings. The highest BCUT2D eigenvalue weighted by Gasteiger charge is 2.21. The maximum atomic E-state index is 12.0. The molecule has 0 aromatic heterocycles. The van der Waals surface area contributed by atoms with Crippen molar-refractivity contribution in [2.24, 2.45) is 5.92 Å². The van der Waals surface area contributed by atoms with Gasteiger partial charge in [-0.2, -0.15) is 0 Å². The van der Waals surface area contributed by atoms with Crippen LogP contribution in [0.3, 0.4) is 0 Å². The van der Waals surface area contributed by atoms with E-state index in [1.807, 2.05) is 12.1 Å². The van der Waals surface area contributed by atoms with Gasteiger partial charge in [-0.05, 0) is 42.9 Å². The van der Waals surface area contributed by atoms with Crippen molar-refractivity contribution >= 4 is 10.0 Å². The summed E-state index contributed by atoms with van der Waals surface area (Å²) in [5, 5.41) is 0. The molecule has 17 heavy (non-hydrogen) atoms. The molecule has 0 spiro atoms. The second kappa shape index (κ2) is 5.19. The zero-order chi connectivity index (χ0) is 12.3. The number of benzene rings is 1. The maximum absolute atomic E-state index is 12.0. The van der Waals surface area contributed by atoms with Crippen LogP contribution in [0.5, 0.6) is 0 Å². The lowest BCUT2D eigenvalue weighted by Gasteiger charge is -2.25. The molecule has 94 valence electrons. The molecule has 1 aliphatic carbocycles. The Balaban J connectivity index is 2.02. The molecule has 1 N–H and O–H groups in total. The van der Waals surface area contributed by atoms with E-state index < -0.39 is 10.0 Å². The second-order valence-electron chi connectivity index (χ2n) is 4.65. The molecule has 3 nitrogen and oxygen atoms in total. The first-order chi connectivity index (χ1) is 8.12. The monoisotopic (exact) mass is 253 g/mol. The van der Waals surface area contributed by atoms with Gasteiger partial charge in [0.15, 0.2) is 0 Å². The van der Waals surface area contributed by atoms with Crippen LogP contribution in [0, 0.1) is 5.92 Å². The van der Waals surface area contributed by atoms with Gasteiger partial charge in [-0.25, -0.2) is 13.1 Å². The first kappa shape index (κ1) is 12.6. The van der Waals surface area contributed by atoms with Gasteiger partial charge in [0.1, 0.15) is 0 Å². The van der Waals surface area contributed by atoms with E-state index in [1.165, 1.54) is 6.42 Å². The van der Waals surface area contributed by atoms with Gasteiger partial charge in [-0.3, -0.25) is 0 Å². The number of hydrogen-bond donors (Lipinski definition) is 1. The molecule has 0 heterocycles. The highest BCUT2D eigenvalue weighted by Crippen LogP contribution is 2.25. The van der Waals surface area contributed by atoms with Crippen molar-refractivity contribution in [3.05, 3.63) is 29.8 Å². The summed E-state index contributed by atoms with van der Waals surface area (Å²) in [7, 11) is -3.31. The molecule has 4 heteroatoms. The Bertz CT molecular complexity index is 461. The molecule has 0 radical (unpaired) electrons. The quantitative estimate of drug-likeness (QED) is 0.875. The predicted molar refractivity (Wildman–Crippen MR) is 68.3 cm³/mol. The molecule has 1 aliphatic rings. The van der Waals surface area contributed by atoms with Crippen LogP contribution in [-0.2, 0) is 16.4 Å². The van der Waals surface area contributed by atoms with Crippen LogP contribution in [0.1, 0.15) is 31.7 Å². The van der Waals surface area contributed by atoms with Crippen LogP contribution in [0.2, 0.25) is 0 Å². The Hall–Kier alpha value is -0.870. The Morgan fingerprint density at radius 2 is 1.88 bits per heavy atom. The molecule has 1 aromatic rings. The molecular formula is C13H19NO2S. The molecule has 0 atom stereocenters. The van der Waals surface area contributed by atoms with Crippen molar-refractivity contribution in [1.82, 2.24) is 4.72 Å². The summed E-state index contributed by atoms with van der Waals surface area (Å²) in [6, 6.07) is 7.11. The van der Waals surface area contributed by atoms with E-state index in [-0.39, 0.29) is 0 Å². The van der Waals surface area contributed by atoms with Gasteiger partial charge in [0.25, 0.3) is 0 Å². The zero-order valence-electron chi connectivity index (χ0n) is 10.1. The minimum Gasteiger partial charge on any atom is -0.211 e. The van der Waals surface area contributed by atoms with Gasteiger partial charge in [0, 0.05) is 6.54 Å². The standard InChI is InChI=1S/C13H19NO2S/c1-2-11-6-8-13(9-7-11)17(15,16)14-10-12-4-3-5-12/h6-9,12,14H,2-5,10H2,1H3. The summed E-state index contributed by atoms with van der Waals surface area (Å²) in [6.07, 6.45) is 4.46. The fraction of sp³-hybridized carbons (Fsp3) is 0.538. The summed E-state index contributed by atoms with van der Waals surface area (Å²) in [4.78, 5) is 0.369. The van der Waals surface area contributed by atoms with Crippen LogP contribution < -0.4 is 4.72 Å². The first-order valence-electron chi connectivity index (χ1n) is 6.20. The van der Waals surface area contributed by atoms with Crippen molar-refractivity contribution in [3.8, 4) is 0 Å². The van der Waals surface area contributed by atoms with E-state index in [0.29, 0.717) is 17.4 Å². The minimum absolute atomic E-state index is 0.369. The molecule has 0 saturated heterocycles. The third-order valence-corrected chi connectivity index (χ3v) is 4.87. The van der Waals surface area contributed by atoms with Crippen molar-refractivity contribution in [1.29, 1.82) is 0 Å². The summed E-state index contributed by atoms with van der Waals surface area (Å²) >= 11 is 0. The van der Waals surface area contributed by atoms with Crippen LogP contribution in [0.4, 0.5) is 0 Å². The molecule has 0 unspecified atom stereocenters. The largest absolute Gasteiger partial charge is 0.240 e. The predicted octanol–water partition coefficient (Wildman–Crippen LogP) is 2.33. The lowest BCUT2D eigenvalue weighted by molar-refractivity contribution is 0.316. The molecule has 0 bridgehead atoms. The molecule has 0 aliphatic heterocycles. The first-order valence-corrected chi connectivity index (χ1v) is 7.69. The van der Waals surface area contributed by atoms with Gasteiger partial charge in [-0.1, -0.05) is 25.5 Å². The lowest BCUT2D eigenvalue weighted by Crippen LogP contribution is -2.32. The molecule has 0 amide bonds. The van der Waals surface area contributed by atoms with E-state index in [4.69, 9.17) is 0 Å². The second-order valence-corrected chi connectivity index (χ2v) is 6.41. The number of rotatable bonds is 5. The summed E-state index contributed by atoms with van der Waals surface area (Å²) in [6.45, 7) is 2.64. The van der Waals surface area contributed by atoms with Crippen molar-refractivity contribution in [3.63, 3.8) is 0 Å². The Morgan fingerprint density at radius 1 is 1.24 bits per heavy atom. The Morgan fingerprint density at radius 3 is 2.35 bits per heavy atom. The molecular weight excluding hydrogens is 234 g/mol. The fourth-order valence-corrected chi connectivity index (χ4v) is 3.03. The van der Waals surface area contributed by atoms with Crippen molar-refractivity contribution < 1.29 is 8.42 Å². The van der Waals surface area contributed by atoms with E-state index in [0.717, 1.165) is 24.8 Å². The number of nitrogens with one attached hydrogen (secondary N) is 1. The summed E-state index contributed by atoms with van der Waals surface area (Å²) < 4.78 is 26.6. The normalized spacial score (nSPS) is 16.8. The maximum Gasteiger partial charge on any atom is 0.240 e. The third kappa shape index (κ3) is 3.07. The minimum atomic E-state index is -3.31. The molecule has 1 saturated carbocycles. The van der Waals surface area contributed by atoms with Gasteiger partial charge >= 0.3 is 0 Å². The zero-order valence-corrected chi connectivity index (χ0v) is 11.0. The Labute approximate surface area is 103 Å². The average Bonchev–Trinajstić information content (AvgIpc) is 2.27. The fourth-order valence-electron chi connectivity index (χ4n) is 1.91. The van der Waals surface area contributed by atoms with Crippen molar-refractivity contribution in [2.45, 2.75) is 37.5 Å². The van der Waals surface area contributed by atoms with Crippen LogP contribution >= 0.6 is 0 Å². The summed E-state index contributed by atoms with van der Waals surface area (Å²) in [5.74, 6) is 0.541. The van der Waals surface area contributed by atoms with E-state index in [1.54, 1.807) is 12.1 Å². The van der Waals surface area contributed by atoms with E-state index in [9.17, 15) is 8.42 Å². The topological polar surface area (TPSA) is 46.2 Å². The van der Waals surface area contributed by atoms with Crippen molar-refractivity contribution in [2.75, 3.05) is 6.54 Å². The number of aryl methyl sites for hydroxylation is 1. The average molecular weight is 253 g/mol. The number of hydrogen-bond acceptors (Lipinski definition) is 2. The van der Waals surface area contributed by atoms with Gasteiger partial charge < -0.3 is 0 Å².